The normalized spacial score (nSPS) is 20.9. The molecule has 0 spiro atoms. The summed E-state index contributed by atoms with van der Waals surface area (Å²) >= 11 is 0. The fourth-order valence-electron chi connectivity index (χ4n) is 2.63. The van der Waals surface area contributed by atoms with Gasteiger partial charge >= 0.3 is 0 Å². The molecule has 0 saturated carbocycles. The molecule has 0 aromatic heterocycles. The van der Waals surface area contributed by atoms with Crippen molar-refractivity contribution in [1.29, 1.82) is 0 Å². The van der Waals surface area contributed by atoms with Crippen LogP contribution in [0.25, 0.3) is 0 Å². The average Bonchev–Trinajstić information content (AvgIpc) is 2.79. The van der Waals surface area contributed by atoms with Crippen molar-refractivity contribution in [3.05, 3.63) is 35.6 Å². The van der Waals surface area contributed by atoms with E-state index in [-0.39, 0.29) is 5.82 Å². The highest BCUT2D eigenvalue weighted by molar-refractivity contribution is 5.17. The molecule has 2 rings (SSSR count). The van der Waals surface area contributed by atoms with Crippen molar-refractivity contribution in [2.24, 2.45) is 5.73 Å². The predicted molar refractivity (Wildman–Crippen MR) is 68.4 cm³/mol. The SMILES string of the molecule is NCC1CCCN1CCCc1ccccc1F. The van der Waals surface area contributed by atoms with Crippen LogP contribution >= 0.6 is 0 Å². The predicted octanol–water partition coefficient (Wildman–Crippen LogP) is 2.18. The largest absolute Gasteiger partial charge is 0.329 e. The second kappa shape index (κ2) is 6.12. The van der Waals surface area contributed by atoms with Gasteiger partial charge in [0.1, 0.15) is 5.82 Å². The molecule has 0 amide bonds. The number of nitrogens with zero attached hydrogens (tertiary/aromatic N) is 1. The number of hydrogen-bond acceptors (Lipinski definition) is 2. The molecule has 1 aliphatic rings. The van der Waals surface area contributed by atoms with Gasteiger partial charge in [-0.25, -0.2) is 4.39 Å². The fraction of sp³-hybridized carbons (Fsp3) is 0.571. The first kappa shape index (κ1) is 12.5. The standard InChI is InChI=1S/C14H21FN2/c15-14-8-2-1-5-12(14)6-3-9-17-10-4-7-13(17)11-16/h1-2,5,8,13H,3-4,6-7,9-11,16H2. The van der Waals surface area contributed by atoms with Crippen LogP contribution in [0.4, 0.5) is 4.39 Å². The molecule has 2 N–H and O–H groups in total. The lowest BCUT2D eigenvalue weighted by molar-refractivity contribution is 0.255. The topological polar surface area (TPSA) is 29.3 Å². The minimum Gasteiger partial charge on any atom is -0.329 e. The van der Waals surface area contributed by atoms with Crippen molar-refractivity contribution in [2.75, 3.05) is 19.6 Å². The molecule has 1 atom stereocenters. The third-order valence-corrected chi connectivity index (χ3v) is 3.62. The number of likely N-dealkylation sites (tertiary alicyclic amines) is 1. The molecule has 0 aliphatic carbocycles. The number of aryl methyl sites for hydroxylation is 1. The van der Waals surface area contributed by atoms with Crippen LogP contribution in [0.1, 0.15) is 24.8 Å². The first-order valence-electron chi connectivity index (χ1n) is 6.49. The van der Waals surface area contributed by atoms with Gasteiger partial charge in [-0.05, 0) is 50.4 Å². The molecule has 3 heteroatoms. The number of halogens is 1. The van der Waals surface area contributed by atoms with Crippen LogP contribution in [0.15, 0.2) is 24.3 Å². The Morgan fingerprint density at radius 1 is 1.35 bits per heavy atom. The van der Waals surface area contributed by atoms with Gasteiger partial charge in [-0.2, -0.15) is 0 Å². The molecule has 17 heavy (non-hydrogen) atoms. The van der Waals surface area contributed by atoms with Crippen molar-refractivity contribution in [3.63, 3.8) is 0 Å². The second-order valence-corrected chi connectivity index (χ2v) is 4.76. The van der Waals surface area contributed by atoms with Crippen LogP contribution in [-0.4, -0.2) is 30.6 Å². The summed E-state index contributed by atoms with van der Waals surface area (Å²) in [5.41, 5.74) is 6.56. The van der Waals surface area contributed by atoms with E-state index in [2.05, 4.69) is 4.90 Å². The van der Waals surface area contributed by atoms with Gasteiger partial charge in [-0.15, -0.1) is 0 Å². The molecule has 1 saturated heterocycles. The summed E-state index contributed by atoms with van der Waals surface area (Å²) < 4.78 is 13.4. The Labute approximate surface area is 103 Å². The van der Waals surface area contributed by atoms with Gasteiger partial charge in [-0.3, -0.25) is 4.90 Å². The molecular formula is C14H21FN2. The van der Waals surface area contributed by atoms with Crippen LogP contribution in [0.5, 0.6) is 0 Å². The highest BCUT2D eigenvalue weighted by Gasteiger charge is 2.22. The maximum atomic E-state index is 13.4. The Balaban J connectivity index is 1.78. The third-order valence-electron chi connectivity index (χ3n) is 3.62. The van der Waals surface area contributed by atoms with Crippen molar-refractivity contribution in [2.45, 2.75) is 31.7 Å². The number of rotatable bonds is 5. The van der Waals surface area contributed by atoms with E-state index in [9.17, 15) is 4.39 Å². The Hall–Kier alpha value is -0.930. The Kier molecular flexibility index (Phi) is 4.51. The first-order chi connectivity index (χ1) is 8.31. The molecule has 2 nitrogen and oxygen atoms in total. The number of hydrogen-bond donors (Lipinski definition) is 1. The summed E-state index contributed by atoms with van der Waals surface area (Å²) in [6.45, 7) is 2.94. The zero-order valence-corrected chi connectivity index (χ0v) is 10.2. The molecule has 0 bridgehead atoms. The number of nitrogens with two attached hydrogens (primary N) is 1. The Morgan fingerprint density at radius 2 is 2.18 bits per heavy atom. The zero-order chi connectivity index (χ0) is 12.1. The third kappa shape index (κ3) is 3.27. The molecule has 94 valence electrons. The Morgan fingerprint density at radius 3 is 2.94 bits per heavy atom. The van der Waals surface area contributed by atoms with Gasteiger partial charge in [0.15, 0.2) is 0 Å². The van der Waals surface area contributed by atoms with Crippen molar-refractivity contribution >= 4 is 0 Å². The lowest BCUT2D eigenvalue weighted by Gasteiger charge is -2.22. The molecule has 1 fully saturated rings. The van der Waals surface area contributed by atoms with E-state index in [1.807, 2.05) is 12.1 Å². The maximum absolute atomic E-state index is 13.4. The van der Waals surface area contributed by atoms with Crippen molar-refractivity contribution in [1.82, 2.24) is 4.90 Å². The van der Waals surface area contributed by atoms with E-state index < -0.39 is 0 Å². The minimum atomic E-state index is -0.0794. The Bertz CT molecular complexity index is 354. The molecule has 1 unspecified atom stereocenters. The van der Waals surface area contributed by atoms with E-state index in [0.29, 0.717) is 6.04 Å². The first-order valence-corrected chi connectivity index (χ1v) is 6.49. The summed E-state index contributed by atoms with van der Waals surface area (Å²) in [7, 11) is 0. The molecule has 1 aromatic rings. The quantitative estimate of drug-likeness (QED) is 0.849. The van der Waals surface area contributed by atoms with E-state index in [1.54, 1.807) is 6.07 Å². The zero-order valence-electron chi connectivity index (χ0n) is 10.2. The van der Waals surface area contributed by atoms with Crippen LogP contribution < -0.4 is 5.73 Å². The molecule has 0 radical (unpaired) electrons. The van der Waals surface area contributed by atoms with E-state index in [4.69, 9.17) is 5.73 Å². The minimum absolute atomic E-state index is 0.0794. The average molecular weight is 236 g/mol. The van der Waals surface area contributed by atoms with Gasteiger partial charge in [0, 0.05) is 12.6 Å². The fourth-order valence-corrected chi connectivity index (χ4v) is 2.63. The van der Waals surface area contributed by atoms with Gasteiger partial charge < -0.3 is 5.73 Å². The molecule has 1 aromatic carbocycles. The number of benzene rings is 1. The summed E-state index contributed by atoms with van der Waals surface area (Å²) in [4.78, 5) is 2.45. The second-order valence-electron chi connectivity index (χ2n) is 4.76. The maximum Gasteiger partial charge on any atom is 0.126 e. The van der Waals surface area contributed by atoms with E-state index >= 15 is 0 Å². The lowest BCUT2D eigenvalue weighted by atomic mass is 10.1. The smallest absolute Gasteiger partial charge is 0.126 e. The van der Waals surface area contributed by atoms with Crippen LogP contribution in [0, 0.1) is 5.82 Å². The summed E-state index contributed by atoms with van der Waals surface area (Å²) in [6.07, 6.45) is 4.30. The monoisotopic (exact) mass is 236 g/mol. The highest BCUT2D eigenvalue weighted by atomic mass is 19.1. The van der Waals surface area contributed by atoms with Crippen LogP contribution in [0.2, 0.25) is 0 Å². The van der Waals surface area contributed by atoms with E-state index in [0.717, 1.165) is 38.0 Å². The highest BCUT2D eigenvalue weighted by Crippen LogP contribution is 2.17. The summed E-state index contributed by atoms with van der Waals surface area (Å²) in [5, 5.41) is 0. The molecule has 1 heterocycles. The van der Waals surface area contributed by atoms with Crippen molar-refractivity contribution < 1.29 is 4.39 Å². The van der Waals surface area contributed by atoms with Gasteiger partial charge in [0.2, 0.25) is 0 Å². The molecule has 1 aliphatic heterocycles. The summed E-state index contributed by atoms with van der Waals surface area (Å²) in [6, 6.07) is 7.60. The van der Waals surface area contributed by atoms with E-state index in [1.165, 1.54) is 18.9 Å². The van der Waals surface area contributed by atoms with Crippen LogP contribution in [0.3, 0.4) is 0 Å². The van der Waals surface area contributed by atoms with Gasteiger partial charge in [0.25, 0.3) is 0 Å². The lowest BCUT2D eigenvalue weighted by Crippen LogP contribution is -2.36. The van der Waals surface area contributed by atoms with Gasteiger partial charge in [0.05, 0.1) is 0 Å². The van der Waals surface area contributed by atoms with Crippen LogP contribution in [-0.2, 0) is 6.42 Å². The van der Waals surface area contributed by atoms with Crippen molar-refractivity contribution in [3.8, 4) is 0 Å². The summed E-state index contributed by atoms with van der Waals surface area (Å²) in [5.74, 6) is -0.0794. The molecular weight excluding hydrogens is 215 g/mol. The van der Waals surface area contributed by atoms with Gasteiger partial charge in [-0.1, -0.05) is 18.2 Å².